The van der Waals surface area contributed by atoms with Crippen LogP contribution in [-0.2, 0) is 4.79 Å². The number of hydrogen-bond acceptors (Lipinski definition) is 4. The second-order valence-electron chi connectivity index (χ2n) is 6.92. The number of hydrogen-bond donors (Lipinski definition) is 2. The Hall–Kier alpha value is -3.70. The van der Waals surface area contributed by atoms with Gasteiger partial charge >= 0.3 is 0 Å². The van der Waals surface area contributed by atoms with Gasteiger partial charge in [0.2, 0.25) is 5.60 Å². The van der Waals surface area contributed by atoms with Crippen LogP contribution in [0.1, 0.15) is 22.5 Å². The fourth-order valence-electron chi connectivity index (χ4n) is 3.33. The molecule has 1 aromatic heterocycles. The second-order valence-corrected chi connectivity index (χ2v) is 6.92. The van der Waals surface area contributed by atoms with Gasteiger partial charge in [0.25, 0.3) is 11.8 Å². The van der Waals surface area contributed by atoms with Crippen LogP contribution in [0.15, 0.2) is 42.5 Å². The Morgan fingerprint density at radius 3 is 2.79 bits per heavy atom. The Balaban J connectivity index is 1.78. The van der Waals surface area contributed by atoms with E-state index in [1.807, 2.05) is 0 Å². The largest absolute Gasteiger partial charge is 0.369 e. The number of carbonyl (C=O) groups is 2. The molecule has 2 heterocycles. The summed E-state index contributed by atoms with van der Waals surface area (Å²) in [5, 5.41) is 15.1. The fraction of sp³-hybridized carbons (Fsp3) is 0.190. The molecule has 1 aliphatic rings. The van der Waals surface area contributed by atoms with E-state index in [9.17, 15) is 19.1 Å². The highest BCUT2D eigenvalue weighted by Gasteiger charge is 2.42. The Labute approximate surface area is 165 Å². The van der Waals surface area contributed by atoms with E-state index >= 15 is 0 Å². The molecule has 0 radical (unpaired) electrons. The Morgan fingerprint density at radius 2 is 2.10 bits per heavy atom. The minimum absolute atomic E-state index is 0.0328. The summed E-state index contributed by atoms with van der Waals surface area (Å²) in [6.45, 7) is 0.435. The average molecular weight is 392 g/mol. The fourth-order valence-corrected chi connectivity index (χ4v) is 3.33. The van der Waals surface area contributed by atoms with Crippen molar-refractivity contribution in [2.45, 2.75) is 12.0 Å². The lowest BCUT2D eigenvalue weighted by Gasteiger charge is -2.13. The van der Waals surface area contributed by atoms with Crippen molar-refractivity contribution < 1.29 is 19.1 Å². The van der Waals surface area contributed by atoms with Gasteiger partial charge in [-0.2, -0.15) is 5.10 Å². The van der Waals surface area contributed by atoms with Crippen LogP contribution in [0.5, 0.6) is 0 Å². The van der Waals surface area contributed by atoms with Crippen molar-refractivity contribution in [2.75, 3.05) is 13.6 Å². The zero-order valence-corrected chi connectivity index (χ0v) is 15.5. The van der Waals surface area contributed by atoms with E-state index in [2.05, 4.69) is 16.9 Å². The zero-order chi connectivity index (χ0) is 20.8. The minimum atomic E-state index is -1.70. The van der Waals surface area contributed by atoms with Crippen LogP contribution >= 0.6 is 0 Å². The van der Waals surface area contributed by atoms with Crippen LogP contribution < -0.4 is 5.73 Å². The van der Waals surface area contributed by atoms with Gasteiger partial charge in [0.05, 0.1) is 11.2 Å². The van der Waals surface area contributed by atoms with Gasteiger partial charge in [-0.1, -0.05) is 17.9 Å². The van der Waals surface area contributed by atoms with E-state index < -0.39 is 23.2 Å². The third-order valence-electron chi connectivity index (χ3n) is 4.89. The number of likely N-dealkylation sites (tertiary alicyclic amines) is 1. The summed E-state index contributed by atoms with van der Waals surface area (Å²) in [4.78, 5) is 25.2. The molecule has 3 aromatic rings. The molecule has 1 saturated heterocycles. The topological polar surface area (TPSA) is 101 Å². The highest BCUT2D eigenvalue weighted by Crippen LogP contribution is 2.24. The summed E-state index contributed by atoms with van der Waals surface area (Å²) in [5.74, 6) is 3.85. The van der Waals surface area contributed by atoms with Gasteiger partial charge in [-0.25, -0.2) is 9.07 Å². The first kappa shape index (κ1) is 18.7. The standard InChI is InChI=1S/C21H17FN4O3/c1-25-10-9-21(29,20(25)28)8-7-13-3-2-4-15(11-13)26-17-12-14(22)5-6-16(17)18(24-26)19(23)27/h2-6,11-12,29H,9-10H2,1H3,(H2,23,27)/t21-/m0/s1. The number of carbonyl (C=O) groups excluding carboxylic acids is 2. The number of rotatable bonds is 2. The Kier molecular flexibility index (Phi) is 4.32. The van der Waals surface area contributed by atoms with Gasteiger partial charge in [-0.3, -0.25) is 9.59 Å². The molecule has 1 fully saturated rings. The lowest BCUT2D eigenvalue weighted by molar-refractivity contribution is -0.137. The lowest BCUT2D eigenvalue weighted by Crippen LogP contribution is -2.37. The summed E-state index contributed by atoms with van der Waals surface area (Å²) in [6, 6.07) is 10.8. The number of likely N-dealkylation sites (N-methyl/N-ethyl adjacent to an activating group) is 1. The van der Waals surface area contributed by atoms with Crippen LogP contribution in [0.3, 0.4) is 0 Å². The number of halogens is 1. The first-order valence-corrected chi connectivity index (χ1v) is 8.88. The molecule has 29 heavy (non-hydrogen) atoms. The van der Waals surface area contributed by atoms with E-state index in [0.717, 1.165) is 0 Å². The zero-order valence-electron chi connectivity index (χ0n) is 15.5. The highest BCUT2D eigenvalue weighted by atomic mass is 19.1. The van der Waals surface area contributed by atoms with E-state index in [4.69, 9.17) is 5.73 Å². The Morgan fingerprint density at radius 1 is 1.31 bits per heavy atom. The summed E-state index contributed by atoms with van der Waals surface area (Å²) >= 11 is 0. The van der Waals surface area contributed by atoms with E-state index in [-0.39, 0.29) is 12.1 Å². The van der Waals surface area contributed by atoms with Crippen molar-refractivity contribution in [3.8, 4) is 17.5 Å². The third kappa shape index (κ3) is 3.22. The molecule has 7 nitrogen and oxygen atoms in total. The summed E-state index contributed by atoms with van der Waals surface area (Å²) in [7, 11) is 1.61. The molecule has 3 N–H and O–H groups in total. The number of benzene rings is 2. The molecular formula is C21H17FN4O3. The lowest BCUT2D eigenvalue weighted by atomic mass is 10.0. The Bertz CT molecular complexity index is 1220. The molecule has 0 saturated carbocycles. The second kappa shape index (κ2) is 6.72. The first-order valence-electron chi connectivity index (χ1n) is 8.88. The maximum Gasteiger partial charge on any atom is 0.269 e. The van der Waals surface area contributed by atoms with Gasteiger partial charge in [-0.05, 0) is 30.3 Å². The summed E-state index contributed by atoms with van der Waals surface area (Å²) < 4.78 is 15.2. The van der Waals surface area contributed by atoms with Crippen molar-refractivity contribution in [1.29, 1.82) is 0 Å². The van der Waals surface area contributed by atoms with Gasteiger partial charge in [0, 0.05) is 37.0 Å². The number of aromatic nitrogens is 2. The molecule has 0 unspecified atom stereocenters. The highest BCUT2D eigenvalue weighted by molar-refractivity contribution is 6.04. The molecule has 1 aliphatic heterocycles. The first-order chi connectivity index (χ1) is 13.8. The number of primary amides is 1. The normalized spacial score (nSPS) is 18.7. The van der Waals surface area contributed by atoms with Crippen LogP contribution in [0.2, 0.25) is 0 Å². The smallest absolute Gasteiger partial charge is 0.269 e. The van der Waals surface area contributed by atoms with Crippen LogP contribution in [0.25, 0.3) is 16.6 Å². The number of amides is 2. The molecule has 2 aromatic carbocycles. The minimum Gasteiger partial charge on any atom is -0.369 e. The molecule has 0 spiro atoms. The average Bonchev–Trinajstić information content (AvgIpc) is 3.20. The van der Waals surface area contributed by atoms with Crippen molar-refractivity contribution in [3.63, 3.8) is 0 Å². The van der Waals surface area contributed by atoms with Crippen LogP contribution in [0.4, 0.5) is 4.39 Å². The van der Waals surface area contributed by atoms with Crippen molar-refractivity contribution in [1.82, 2.24) is 14.7 Å². The molecule has 4 rings (SSSR count). The molecule has 0 bridgehead atoms. The van der Waals surface area contributed by atoms with Gasteiger partial charge < -0.3 is 15.7 Å². The molecule has 8 heteroatoms. The van der Waals surface area contributed by atoms with Crippen molar-refractivity contribution in [3.05, 3.63) is 59.5 Å². The van der Waals surface area contributed by atoms with Gasteiger partial charge in [-0.15, -0.1) is 0 Å². The molecule has 0 aliphatic carbocycles. The van der Waals surface area contributed by atoms with E-state index in [1.54, 1.807) is 31.3 Å². The SMILES string of the molecule is CN1CC[C@@](O)(C#Cc2cccc(-n3nc(C(N)=O)c4ccc(F)cc43)c2)C1=O. The van der Waals surface area contributed by atoms with E-state index in [0.29, 0.717) is 28.7 Å². The van der Waals surface area contributed by atoms with Gasteiger partial charge in [0.1, 0.15) is 5.82 Å². The number of nitrogens with zero attached hydrogens (tertiary/aromatic N) is 3. The summed E-state index contributed by atoms with van der Waals surface area (Å²) in [5.41, 5.74) is 5.17. The molecule has 1 atom stereocenters. The summed E-state index contributed by atoms with van der Waals surface area (Å²) in [6.07, 6.45) is 0.236. The van der Waals surface area contributed by atoms with Crippen molar-refractivity contribution >= 4 is 22.7 Å². The quantitative estimate of drug-likeness (QED) is 0.640. The predicted molar refractivity (Wildman–Crippen MR) is 104 cm³/mol. The predicted octanol–water partition coefficient (Wildman–Crippen LogP) is 1.21. The third-order valence-corrected chi connectivity index (χ3v) is 4.89. The number of fused-ring (bicyclic) bond motifs is 1. The van der Waals surface area contributed by atoms with Crippen LogP contribution in [-0.4, -0.2) is 50.8 Å². The van der Waals surface area contributed by atoms with E-state index in [1.165, 1.54) is 27.8 Å². The number of nitrogens with two attached hydrogens (primary N) is 1. The molecule has 2 amide bonds. The molecular weight excluding hydrogens is 375 g/mol. The molecule has 146 valence electrons. The van der Waals surface area contributed by atoms with Crippen molar-refractivity contribution in [2.24, 2.45) is 5.73 Å². The monoisotopic (exact) mass is 392 g/mol. The maximum atomic E-state index is 13.8. The van der Waals surface area contributed by atoms with Crippen LogP contribution in [0, 0.1) is 17.7 Å². The maximum absolute atomic E-state index is 13.8. The van der Waals surface area contributed by atoms with Gasteiger partial charge in [0.15, 0.2) is 5.69 Å². The number of aliphatic hydroxyl groups is 1.